The lowest BCUT2D eigenvalue weighted by molar-refractivity contribution is 0.0942. The van der Waals surface area contributed by atoms with Crippen molar-refractivity contribution in [3.8, 4) is 0 Å². The van der Waals surface area contributed by atoms with Gasteiger partial charge in [-0.1, -0.05) is 6.08 Å². The number of nitrogens with one attached hydrogen (secondary N) is 1. The Hall–Kier alpha value is -1.78. The van der Waals surface area contributed by atoms with Crippen LogP contribution in [0.15, 0.2) is 18.9 Å². The molecular weight excluding hydrogens is 180 g/mol. The highest BCUT2D eigenvalue weighted by Gasteiger charge is 2.14. The fraction of sp³-hybridized carbons (Fsp3) is 0.333. The van der Waals surface area contributed by atoms with Crippen molar-refractivity contribution in [2.75, 3.05) is 5.73 Å². The molecule has 0 fully saturated rings. The summed E-state index contributed by atoms with van der Waals surface area (Å²) in [7, 11) is 1.71. The van der Waals surface area contributed by atoms with E-state index in [4.69, 9.17) is 5.73 Å². The number of rotatable bonds is 3. The molecule has 0 spiro atoms. The van der Waals surface area contributed by atoms with Crippen molar-refractivity contribution in [1.82, 2.24) is 15.1 Å². The van der Waals surface area contributed by atoms with Crippen molar-refractivity contribution in [3.05, 3.63) is 24.5 Å². The van der Waals surface area contributed by atoms with Crippen molar-refractivity contribution in [2.45, 2.75) is 13.0 Å². The topological polar surface area (TPSA) is 72.9 Å². The smallest absolute Gasteiger partial charge is 0.274 e. The first-order valence-electron chi connectivity index (χ1n) is 4.27. The number of amides is 1. The summed E-state index contributed by atoms with van der Waals surface area (Å²) < 4.78 is 1.50. The zero-order valence-electron chi connectivity index (χ0n) is 8.32. The number of aryl methyl sites for hydroxylation is 1. The van der Waals surface area contributed by atoms with Crippen LogP contribution in [-0.2, 0) is 7.05 Å². The van der Waals surface area contributed by atoms with Gasteiger partial charge in [-0.25, -0.2) is 0 Å². The minimum atomic E-state index is -0.282. The number of nitrogen functional groups attached to an aromatic ring is 1. The highest BCUT2D eigenvalue weighted by Crippen LogP contribution is 2.07. The summed E-state index contributed by atoms with van der Waals surface area (Å²) in [5, 5.41) is 6.63. The van der Waals surface area contributed by atoms with E-state index in [1.54, 1.807) is 19.3 Å². The Kier molecular flexibility index (Phi) is 2.91. The summed E-state index contributed by atoms with van der Waals surface area (Å²) in [6.07, 6.45) is 3.23. The van der Waals surface area contributed by atoms with Gasteiger partial charge in [0.2, 0.25) is 0 Å². The van der Waals surface area contributed by atoms with Crippen molar-refractivity contribution in [1.29, 1.82) is 0 Å². The van der Waals surface area contributed by atoms with Gasteiger partial charge in [-0.15, -0.1) is 6.58 Å². The monoisotopic (exact) mass is 194 g/mol. The zero-order chi connectivity index (χ0) is 10.7. The van der Waals surface area contributed by atoms with Crippen LogP contribution >= 0.6 is 0 Å². The number of carbonyl (C=O) groups is 1. The fourth-order valence-corrected chi connectivity index (χ4v) is 1.02. The van der Waals surface area contributed by atoms with E-state index in [0.29, 0.717) is 5.69 Å². The van der Waals surface area contributed by atoms with E-state index in [2.05, 4.69) is 17.0 Å². The van der Waals surface area contributed by atoms with Crippen LogP contribution in [0.25, 0.3) is 0 Å². The average molecular weight is 194 g/mol. The molecule has 1 rings (SSSR count). The van der Waals surface area contributed by atoms with Crippen molar-refractivity contribution >= 4 is 11.6 Å². The van der Waals surface area contributed by atoms with E-state index in [-0.39, 0.29) is 17.6 Å². The number of nitrogens with two attached hydrogens (primary N) is 1. The molecule has 76 valence electrons. The van der Waals surface area contributed by atoms with Crippen LogP contribution in [0.1, 0.15) is 17.4 Å². The Bertz CT molecular complexity index is 356. The van der Waals surface area contributed by atoms with Gasteiger partial charge in [0.05, 0.1) is 5.69 Å². The molecule has 1 atom stereocenters. The van der Waals surface area contributed by atoms with Crippen molar-refractivity contribution < 1.29 is 4.79 Å². The molecule has 0 aliphatic rings. The van der Waals surface area contributed by atoms with Gasteiger partial charge in [0.15, 0.2) is 5.69 Å². The molecule has 0 saturated carbocycles. The Balaban J connectivity index is 2.79. The third kappa shape index (κ3) is 2.12. The molecule has 5 heteroatoms. The summed E-state index contributed by atoms with van der Waals surface area (Å²) in [6.45, 7) is 5.39. The summed E-state index contributed by atoms with van der Waals surface area (Å²) in [4.78, 5) is 11.5. The standard InChI is InChI=1S/C9H14N4O/c1-4-6(2)11-9(14)8-7(10)5-13(3)12-8/h4-6H,1,10H2,2-3H3,(H,11,14). The quantitative estimate of drug-likeness (QED) is 0.680. The second-order valence-electron chi connectivity index (χ2n) is 3.10. The molecule has 14 heavy (non-hydrogen) atoms. The maximum atomic E-state index is 11.5. The van der Waals surface area contributed by atoms with Crippen LogP contribution in [0.2, 0.25) is 0 Å². The number of anilines is 1. The Morgan fingerprint density at radius 3 is 2.93 bits per heavy atom. The first-order valence-corrected chi connectivity index (χ1v) is 4.27. The Labute approximate surface area is 82.6 Å². The number of hydrogen-bond acceptors (Lipinski definition) is 3. The van der Waals surface area contributed by atoms with Gasteiger partial charge in [-0.05, 0) is 6.92 Å². The highest BCUT2D eigenvalue weighted by atomic mass is 16.2. The molecule has 0 radical (unpaired) electrons. The molecule has 1 heterocycles. The molecule has 1 unspecified atom stereocenters. The van der Waals surface area contributed by atoms with Crippen molar-refractivity contribution in [2.24, 2.45) is 7.05 Å². The molecule has 3 N–H and O–H groups in total. The summed E-state index contributed by atoms with van der Waals surface area (Å²) >= 11 is 0. The van der Waals surface area contributed by atoms with Gasteiger partial charge < -0.3 is 11.1 Å². The predicted octanol–water partition coefficient (Wildman–Crippen LogP) is 0.307. The first kappa shape index (κ1) is 10.3. The second-order valence-corrected chi connectivity index (χ2v) is 3.10. The van der Waals surface area contributed by atoms with Crippen LogP contribution in [0.5, 0.6) is 0 Å². The van der Waals surface area contributed by atoms with Crippen LogP contribution < -0.4 is 11.1 Å². The second kappa shape index (κ2) is 3.95. The van der Waals surface area contributed by atoms with Crippen LogP contribution in [0.4, 0.5) is 5.69 Å². The third-order valence-electron chi connectivity index (χ3n) is 1.78. The summed E-state index contributed by atoms with van der Waals surface area (Å²) in [5.41, 5.74) is 6.22. The van der Waals surface area contributed by atoms with E-state index >= 15 is 0 Å². The molecule has 1 amide bonds. The van der Waals surface area contributed by atoms with Gasteiger partial charge in [0.1, 0.15) is 0 Å². The van der Waals surface area contributed by atoms with E-state index in [1.807, 2.05) is 6.92 Å². The summed E-state index contributed by atoms with van der Waals surface area (Å²) in [5.74, 6) is -0.282. The molecule has 0 aliphatic heterocycles. The lowest BCUT2D eigenvalue weighted by atomic mass is 10.3. The van der Waals surface area contributed by atoms with Crippen molar-refractivity contribution in [3.63, 3.8) is 0 Å². The average Bonchev–Trinajstić information content (AvgIpc) is 2.45. The van der Waals surface area contributed by atoms with E-state index in [0.717, 1.165) is 0 Å². The first-order chi connectivity index (χ1) is 6.54. The third-order valence-corrected chi connectivity index (χ3v) is 1.78. The molecule has 0 aliphatic carbocycles. The number of nitrogens with zero attached hydrogens (tertiary/aromatic N) is 2. The fourth-order valence-electron chi connectivity index (χ4n) is 1.02. The number of hydrogen-bond donors (Lipinski definition) is 2. The minimum absolute atomic E-state index is 0.0936. The SMILES string of the molecule is C=CC(C)NC(=O)c1nn(C)cc1N. The minimum Gasteiger partial charge on any atom is -0.396 e. The zero-order valence-corrected chi connectivity index (χ0v) is 8.32. The molecule has 1 aromatic rings. The van der Waals surface area contributed by atoms with Crippen LogP contribution in [0.3, 0.4) is 0 Å². The van der Waals surface area contributed by atoms with Gasteiger partial charge in [0, 0.05) is 19.3 Å². The highest BCUT2D eigenvalue weighted by molar-refractivity contribution is 5.97. The van der Waals surface area contributed by atoms with Gasteiger partial charge in [-0.3, -0.25) is 9.48 Å². The number of aromatic nitrogens is 2. The largest absolute Gasteiger partial charge is 0.396 e. The molecule has 0 bridgehead atoms. The normalized spacial score (nSPS) is 12.1. The molecule has 1 aromatic heterocycles. The number of carbonyl (C=O) groups excluding carboxylic acids is 1. The summed E-state index contributed by atoms with van der Waals surface area (Å²) in [6, 6.07) is -0.0936. The van der Waals surface area contributed by atoms with Crippen LogP contribution in [0, 0.1) is 0 Å². The molecular formula is C9H14N4O. The molecule has 0 saturated heterocycles. The van der Waals surface area contributed by atoms with Gasteiger partial charge in [0.25, 0.3) is 5.91 Å². The maximum Gasteiger partial charge on any atom is 0.274 e. The lowest BCUT2D eigenvalue weighted by Gasteiger charge is -2.07. The van der Waals surface area contributed by atoms with E-state index in [1.165, 1.54) is 4.68 Å². The lowest BCUT2D eigenvalue weighted by Crippen LogP contribution is -2.31. The molecule has 5 nitrogen and oxygen atoms in total. The Morgan fingerprint density at radius 1 is 1.86 bits per heavy atom. The van der Waals surface area contributed by atoms with E-state index < -0.39 is 0 Å². The predicted molar refractivity (Wildman–Crippen MR) is 54.7 cm³/mol. The molecule has 0 aromatic carbocycles. The maximum absolute atomic E-state index is 11.5. The van der Waals surface area contributed by atoms with Gasteiger partial charge >= 0.3 is 0 Å². The Morgan fingerprint density at radius 2 is 2.50 bits per heavy atom. The van der Waals surface area contributed by atoms with Crippen LogP contribution in [-0.4, -0.2) is 21.7 Å². The van der Waals surface area contributed by atoms with E-state index in [9.17, 15) is 4.79 Å². The van der Waals surface area contributed by atoms with Gasteiger partial charge in [-0.2, -0.15) is 5.10 Å².